The van der Waals surface area contributed by atoms with Crippen molar-refractivity contribution in [1.82, 2.24) is 9.97 Å². The Kier molecular flexibility index (Phi) is 5.09. The van der Waals surface area contributed by atoms with Crippen LogP contribution in [-0.2, 0) is 9.53 Å². The van der Waals surface area contributed by atoms with Crippen LogP contribution < -0.4 is 4.90 Å². The van der Waals surface area contributed by atoms with Crippen LogP contribution in [0.1, 0.15) is 26.2 Å². The van der Waals surface area contributed by atoms with Crippen molar-refractivity contribution in [2.45, 2.75) is 26.2 Å². The van der Waals surface area contributed by atoms with E-state index in [1.54, 1.807) is 18.5 Å². The highest BCUT2D eigenvalue weighted by molar-refractivity contribution is 5.72. The van der Waals surface area contributed by atoms with E-state index in [4.69, 9.17) is 4.74 Å². The Labute approximate surface area is 119 Å². The summed E-state index contributed by atoms with van der Waals surface area (Å²) in [6.07, 6.45) is 5.80. The van der Waals surface area contributed by atoms with Crippen LogP contribution in [0.15, 0.2) is 30.6 Å². The molecule has 1 aliphatic rings. The molecule has 1 aromatic heterocycles. The molecule has 1 aromatic rings. The molecule has 1 fully saturated rings. The number of carbonyl (C=O) groups excluding carboxylic acids is 1. The standard InChI is InChI=1S/C15H21N3O2/c1-12(2)6-11-20-14(19)13-4-9-18(10-5-13)15-16-7-3-8-17-15/h3,7-8,13H,1,4-6,9-11H2,2H3. The fourth-order valence-electron chi connectivity index (χ4n) is 2.21. The fourth-order valence-corrected chi connectivity index (χ4v) is 2.21. The van der Waals surface area contributed by atoms with Gasteiger partial charge in [0.2, 0.25) is 5.95 Å². The van der Waals surface area contributed by atoms with E-state index in [1.807, 2.05) is 6.92 Å². The second kappa shape index (κ2) is 7.03. The molecule has 0 unspecified atom stereocenters. The summed E-state index contributed by atoms with van der Waals surface area (Å²) >= 11 is 0. The van der Waals surface area contributed by atoms with Crippen molar-refractivity contribution in [1.29, 1.82) is 0 Å². The Balaban J connectivity index is 1.76. The topological polar surface area (TPSA) is 55.3 Å². The highest BCUT2D eigenvalue weighted by atomic mass is 16.5. The largest absolute Gasteiger partial charge is 0.465 e. The van der Waals surface area contributed by atoms with Crippen molar-refractivity contribution in [3.63, 3.8) is 0 Å². The van der Waals surface area contributed by atoms with Gasteiger partial charge in [-0.25, -0.2) is 9.97 Å². The number of ether oxygens (including phenoxy) is 1. The van der Waals surface area contributed by atoms with E-state index in [2.05, 4.69) is 21.4 Å². The number of anilines is 1. The van der Waals surface area contributed by atoms with Crippen LogP contribution in [0.25, 0.3) is 0 Å². The molecule has 108 valence electrons. The van der Waals surface area contributed by atoms with E-state index < -0.39 is 0 Å². The average Bonchev–Trinajstić information content (AvgIpc) is 2.48. The van der Waals surface area contributed by atoms with Crippen molar-refractivity contribution in [3.8, 4) is 0 Å². The molecule has 0 aromatic carbocycles. The van der Waals surface area contributed by atoms with Gasteiger partial charge in [-0.1, -0.05) is 5.57 Å². The van der Waals surface area contributed by atoms with E-state index in [1.165, 1.54) is 0 Å². The Morgan fingerprint density at radius 3 is 2.65 bits per heavy atom. The van der Waals surface area contributed by atoms with E-state index in [9.17, 15) is 4.79 Å². The lowest BCUT2D eigenvalue weighted by atomic mass is 9.97. The summed E-state index contributed by atoms with van der Waals surface area (Å²) in [6, 6.07) is 1.80. The van der Waals surface area contributed by atoms with Gasteiger partial charge in [0.25, 0.3) is 0 Å². The molecular formula is C15H21N3O2. The van der Waals surface area contributed by atoms with Crippen LogP contribution in [-0.4, -0.2) is 35.6 Å². The first-order chi connectivity index (χ1) is 9.66. The van der Waals surface area contributed by atoms with E-state index in [0.29, 0.717) is 6.61 Å². The van der Waals surface area contributed by atoms with Gasteiger partial charge in [-0.2, -0.15) is 0 Å². The molecule has 2 heterocycles. The maximum absolute atomic E-state index is 11.9. The monoisotopic (exact) mass is 275 g/mol. The summed E-state index contributed by atoms with van der Waals surface area (Å²) in [5, 5.41) is 0. The molecule has 1 aliphatic heterocycles. The molecule has 2 rings (SSSR count). The summed E-state index contributed by atoms with van der Waals surface area (Å²) in [6.45, 7) is 7.77. The first kappa shape index (κ1) is 14.5. The predicted octanol–water partition coefficient (Wildman–Crippen LogP) is 2.20. The first-order valence-corrected chi connectivity index (χ1v) is 7.00. The van der Waals surface area contributed by atoms with Crippen LogP contribution in [0.4, 0.5) is 5.95 Å². The second-order valence-electron chi connectivity index (χ2n) is 5.18. The van der Waals surface area contributed by atoms with Gasteiger partial charge in [0.1, 0.15) is 0 Å². The zero-order valence-electron chi connectivity index (χ0n) is 11.9. The van der Waals surface area contributed by atoms with Crippen LogP contribution >= 0.6 is 0 Å². The number of esters is 1. The maximum atomic E-state index is 11.9. The summed E-state index contributed by atoms with van der Waals surface area (Å²) in [5.74, 6) is 0.654. The summed E-state index contributed by atoms with van der Waals surface area (Å²) in [5.41, 5.74) is 1.04. The Morgan fingerprint density at radius 1 is 1.40 bits per heavy atom. The number of hydrogen-bond acceptors (Lipinski definition) is 5. The lowest BCUT2D eigenvalue weighted by molar-refractivity contribution is -0.149. The highest BCUT2D eigenvalue weighted by Crippen LogP contribution is 2.21. The maximum Gasteiger partial charge on any atom is 0.309 e. The third kappa shape index (κ3) is 4.05. The van der Waals surface area contributed by atoms with Crippen molar-refractivity contribution < 1.29 is 9.53 Å². The lowest BCUT2D eigenvalue weighted by Gasteiger charge is -2.30. The molecule has 5 heteroatoms. The smallest absolute Gasteiger partial charge is 0.309 e. The van der Waals surface area contributed by atoms with Crippen LogP contribution in [0.3, 0.4) is 0 Å². The zero-order valence-corrected chi connectivity index (χ0v) is 11.9. The van der Waals surface area contributed by atoms with Gasteiger partial charge in [-0.3, -0.25) is 4.79 Å². The SMILES string of the molecule is C=C(C)CCOC(=O)C1CCN(c2ncccn2)CC1. The Morgan fingerprint density at radius 2 is 2.05 bits per heavy atom. The minimum absolute atomic E-state index is 0.0000775. The Hall–Kier alpha value is -1.91. The van der Waals surface area contributed by atoms with Gasteiger partial charge in [0.15, 0.2) is 0 Å². The van der Waals surface area contributed by atoms with Crippen LogP contribution in [0, 0.1) is 5.92 Å². The normalized spacial score (nSPS) is 15.9. The molecule has 0 spiro atoms. The molecule has 0 amide bonds. The fraction of sp³-hybridized carbons (Fsp3) is 0.533. The highest BCUT2D eigenvalue weighted by Gasteiger charge is 2.26. The molecule has 0 saturated carbocycles. The van der Waals surface area contributed by atoms with Gasteiger partial charge < -0.3 is 9.64 Å². The minimum atomic E-state index is -0.0834. The average molecular weight is 275 g/mol. The molecule has 5 nitrogen and oxygen atoms in total. The van der Waals surface area contributed by atoms with Crippen LogP contribution in [0.2, 0.25) is 0 Å². The molecule has 1 saturated heterocycles. The van der Waals surface area contributed by atoms with E-state index >= 15 is 0 Å². The lowest BCUT2D eigenvalue weighted by Crippen LogP contribution is -2.37. The molecule has 0 atom stereocenters. The molecule has 0 aliphatic carbocycles. The van der Waals surface area contributed by atoms with Crippen molar-refractivity contribution in [2.75, 3.05) is 24.6 Å². The van der Waals surface area contributed by atoms with Gasteiger partial charge in [0, 0.05) is 31.9 Å². The zero-order chi connectivity index (χ0) is 14.4. The molecule has 0 radical (unpaired) electrons. The third-order valence-electron chi connectivity index (χ3n) is 3.44. The van der Waals surface area contributed by atoms with Crippen molar-refractivity contribution >= 4 is 11.9 Å². The summed E-state index contributed by atoms with van der Waals surface area (Å²) in [7, 11) is 0. The Bertz CT molecular complexity index is 453. The number of aromatic nitrogens is 2. The molecule has 20 heavy (non-hydrogen) atoms. The number of nitrogens with zero attached hydrogens (tertiary/aromatic N) is 3. The molecule has 0 N–H and O–H groups in total. The number of carbonyl (C=O) groups is 1. The van der Waals surface area contributed by atoms with Gasteiger partial charge in [-0.05, 0) is 25.8 Å². The number of rotatable bonds is 5. The van der Waals surface area contributed by atoms with Gasteiger partial charge in [-0.15, -0.1) is 6.58 Å². The summed E-state index contributed by atoms with van der Waals surface area (Å²) in [4.78, 5) is 22.5. The number of hydrogen-bond donors (Lipinski definition) is 0. The minimum Gasteiger partial charge on any atom is -0.465 e. The molecular weight excluding hydrogens is 254 g/mol. The van der Waals surface area contributed by atoms with Gasteiger partial charge >= 0.3 is 5.97 Å². The van der Waals surface area contributed by atoms with Gasteiger partial charge in [0.05, 0.1) is 12.5 Å². The second-order valence-corrected chi connectivity index (χ2v) is 5.18. The third-order valence-corrected chi connectivity index (χ3v) is 3.44. The van der Waals surface area contributed by atoms with Crippen molar-refractivity contribution in [3.05, 3.63) is 30.6 Å². The first-order valence-electron chi connectivity index (χ1n) is 7.00. The van der Waals surface area contributed by atoms with E-state index in [0.717, 1.165) is 43.9 Å². The molecule has 0 bridgehead atoms. The quantitative estimate of drug-likeness (QED) is 0.609. The van der Waals surface area contributed by atoms with Crippen LogP contribution in [0.5, 0.6) is 0 Å². The summed E-state index contributed by atoms with van der Waals surface area (Å²) < 4.78 is 5.28. The van der Waals surface area contributed by atoms with E-state index in [-0.39, 0.29) is 11.9 Å². The number of piperidine rings is 1. The van der Waals surface area contributed by atoms with Crippen molar-refractivity contribution in [2.24, 2.45) is 5.92 Å². The predicted molar refractivity (Wildman–Crippen MR) is 77.4 cm³/mol.